The van der Waals surface area contributed by atoms with Gasteiger partial charge in [0.15, 0.2) is 0 Å². The zero-order valence-corrected chi connectivity index (χ0v) is 32.8. The van der Waals surface area contributed by atoms with Gasteiger partial charge in [-0.05, 0) is 90.1 Å². The summed E-state index contributed by atoms with van der Waals surface area (Å²) in [6.45, 7) is 22.1. The third-order valence-electron chi connectivity index (χ3n) is 15.1. The molecule has 0 aromatic rings. The van der Waals surface area contributed by atoms with Crippen LogP contribution in [0, 0.1) is 38.9 Å². The van der Waals surface area contributed by atoms with Gasteiger partial charge >= 0.3 is 6.03 Å². The Hall–Kier alpha value is -2.59. The van der Waals surface area contributed by atoms with Crippen molar-refractivity contribution in [1.29, 1.82) is 0 Å². The highest BCUT2D eigenvalue weighted by Gasteiger charge is 2.85. The van der Waals surface area contributed by atoms with Crippen LogP contribution in [0.4, 0.5) is 4.79 Å². The summed E-state index contributed by atoms with van der Waals surface area (Å²) in [6.07, 6.45) is 9.50. The minimum Gasteiger partial charge on any atom is -0.398 e. The van der Waals surface area contributed by atoms with Gasteiger partial charge < -0.3 is 31.3 Å². The molecular weight excluding hydrogens is 640 g/mol. The first kappa shape index (κ1) is 36.8. The van der Waals surface area contributed by atoms with Gasteiger partial charge in [0.25, 0.3) is 0 Å². The molecule has 0 bridgehead atoms. The molecule has 5 N–H and O–H groups in total. The second-order valence-electron chi connectivity index (χ2n) is 19.9. The van der Waals surface area contributed by atoms with Crippen molar-refractivity contribution in [3.8, 4) is 0 Å². The van der Waals surface area contributed by atoms with Crippen molar-refractivity contribution in [2.45, 2.75) is 131 Å². The van der Waals surface area contributed by atoms with E-state index < -0.39 is 17.4 Å². The predicted octanol–water partition coefficient (Wildman–Crippen LogP) is 5.09. The molecule has 10 nitrogen and oxygen atoms in total. The summed E-state index contributed by atoms with van der Waals surface area (Å²) < 4.78 is 5.54. The Morgan fingerprint density at radius 2 is 1.67 bits per heavy atom. The van der Waals surface area contributed by atoms with Crippen molar-refractivity contribution in [3.05, 3.63) is 22.4 Å². The third-order valence-corrected chi connectivity index (χ3v) is 15.1. The Bertz CT molecular complexity index is 1490. The number of hydrogen-bond acceptors (Lipinski definition) is 6. The van der Waals surface area contributed by atoms with E-state index in [2.05, 4.69) is 76.2 Å². The van der Waals surface area contributed by atoms with Crippen LogP contribution >= 0.6 is 0 Å². The van der Waals surface area contributed by atoms with E-state index in [1.54, 1.807) is 0 Å². The Balaban J connectivity index is 1.09. The highest BCUT2D eigenvalue weighted by atomic mass is 16.5. The maximum Gasteiger partial charge on any atom is 0.315 e. The fraction of sp³-hybridized carbons (Fsp3) is 0.829. The summed E-state index contributed by atoms with van der Waals surface area (Å²) in [4.78, 5) is 47.4. The minimum atomic E-state index is -0.535. The molecule has 7 rings (SSSR count). The maximum absolute atomic E-state index is 15.0. The number of carbonyl (C=O) groups is 3. The second-order valence-corrected chi connectivity index (χ2v) is 19.9. The molecule has 2 unspecified atom stereocenters. The molecule has 2 saturated heterocycles. The molecule has 2 spiro atoms. The van der Waals surface area contributed by atoms with Crippen LogP contribution in [0.25, 0.3) is 0 Å². The summed E-state index contributed by atoms with van der Waals surface area (Å²) in [5.74, 6) is -0.0925. The molecule has 284 valence electrons. The van der Waals surface area contributed by atoms with Gasteiger partial charge in [-0.2, -0.15) is 0 Å². The summed E-state index contributed by atoms with van der Waals surface area (Å²) in [6, 6.07) is -0.947. The monoisotopic (exact) mass is 707 g/mol. The van der Waals surface area contributed by atoms with E-state index in [0.29, 0.717) is 32.1 Å². The molecule has 5 aliphatic carbocycles. The molecular formula is C41H66N6O4. The van der Waals surface area contributed by atoms with E-state index in [1.165, 1.54) is 36.0 Å². The highest BCUT2D eigenvalue weighted by Crippen LogP contribution is 2.88. The van der Waals surface area contributed by atoms with Gasteiger partial charge in [0.2, 0.25) is 11.8 Å². The Morgan fingerprint density at radius 3 is 2.20 bits per heavy atom. The van der Waals surface area contributed by atoms with Gasteiger partial charge in [-0.25, -0.2) is 4.79 Å². The topological polar surface area (TPSA) is 129 Å². The quantitative estimate of drug-likeness (QED) is 0.278. The molecule has 0 radical (unpaired) electrons. The Labute approximate surface area is 306 Å². The highest BCUT2D eigenvalue weighted by molar-refractivity contribution is 5.91. The number of allylic oxidation sites excluding steroid dienone is 2. The first-order valence-corrected chi connectivity index (χ1v) is 20.1. The number of amides is 4. The van der Waals surface area contributed by atoms with Crippen molar-refractivity contribution < 1.29 is 19.1 Å². The second kappa shape index (κ2) is 12.8. The van der Waals surface area contributed by atoms with Gasteiger partial charge in [0.1, 0.15) is 6.04 Å². The van der Waals surface area contributed by atoms with Gasteiger partial charge in [-0.3, -0.25) is 14.5 Å². The molecule has 2 heterocycles. The smallest absolute Gasteiger partial charge is 0.315 e. The van der Waals surface area contributed by atoms with Gasteiger partial charge in [0.05, 0.1) is 25.2 Å². The van der Waals surface area contributed by atoms with Crippen LogP contribution < -0.4 is 21.7 Å². The van der Waals surface area contributed by atoms with Crippen LogP contribution in [-0.4, -0.2) is 91.7 Å². The number of urea groups is 1. The summed E-state index contributed by atoms with van der Waals surface area (Å²) in [5, 5.41) is 9.85. The van der Waals surface area contributed by atoms with Crippen molar-refractivity contribution in [1.82, 2.24) is 25.8 Å². The van der Waals surface area contributed by atoms with Gasteiger partial charge in [-0.1, -0.05) is 67.4 Å². The number of fused-ring (bicyclic) bond motifs is 2. The molecule has 0 aromatic carbocycles. The SMILES string of the molecule is CC(C)(C)[C@H](CN1CCOCC1)NC(=O)NC[C@H](C(=O)N1C[C@]2(C[C@H]1C(=O)NC1CC3CCC3=C(N)C1=C1CC1)C(C)(C)C21CCC1)C(C)(C)C. The molecule has 51 heavy (non-hydrogen) atoms. The molecule has 10 heteroatoms. The molecule has 7 aliphatic rings. The Morgan fingerprint density at radius 1 is 0.980 bits per heavy atom. The number of nitrogens with two attached hydrogens (primary N) is 1. The fourth-order valence-electron chi connectivity index (χ4n) is 11.0. The lowest BCUT2D eigenvalue weighted by atomic mass is 9.68. The first-order valence-electron chi connectivity index (χ1n) is 20.1. The summed E-state index contributed by atoms with van der Waals surface area (Å²) >= 11 is 0. The number of nitrogens with zero attached hydrogens (tertiary/aromatic N) is 2. The first-order chi connectivity index (χ1) is 23.9. The number of likely N-dealkylation sites (tertiary alicyclic amines) is 1. The zero-order valence-electron chi connectivity index (χ0n) is 32.8. The van der Waals surface area contributed by atoms with Gasteiger partial charge in [0, 0.05) is 49.9 Å². The van der Waals surface area contributed by atoms with Crippen molar-refractivity contribution in [2.75, 3.05) is 45.9 Å². The van der Waals surface area contributed by atoms with Crippen molar-refractivity contribution in [2.24, 2.45) is 44.6 Å². The van der Waals surface area contributed by atoms with Crippen molar-refractivity contribution >= 4 is 17.8 Å². The largest absolute Gasteiger partial charge is 0.398 e. The lowest BCUT2D eigenvalue weighted by molar-refractivity contribution is -0.144. The van der Waals surface area contributed by atoms with E-state index in [1.807, 2.05) is 4.90 Å². The average Bonchev–Trinajstić information content (AvgIpc) is 3.84. The molecule has 2 aliphatic heterocycles. The van der Waals surface area contributed by atoms with Crippen LogP contribution in [0.5, 0.6) is 0 Å². The average molecular weight is 707 g/mol. The molecule has 4 amide bonds. The van der Waals surface area contributed by atoms with E-state index >= 15 is 0 Å². The minimum absolute atomic E-state index is 0.0252. The van der Waals surface area contributed by atoms with Crippen LogP contribution in [0.1, 0.15) is 113 Å². The normalized spacial score (nSPS) is 32.2. The number of morpholine rings is 1. The van der Waals surface area contributed by atoms with Crippen molar-refractivity contribution in [3.63, 3.8) is 0 Å². The van der Waals surface area contributed by atoms with Crippen LogP contribution in [0.3, 0.4) is 0 Å². The van der Waals surface area contributed by atoms with Crippen LogP contribution in [-0.2, 0) is 14.3 Å². The zero-order chi connectivity index (χ0) is 36.7. The fourth-order valence-corrected chi connectivity index (χ4v) is 11.0. The summed E-state index contributed by atoms with van der Waals surface area (Å²) in [5.41, 5.74) is 11.3. The standard InChI is InChI=1S/C41H66N6O4/c1-37(2,3)28(22-43-36(50)45-31(38(4,5)6)23-46-16-18-51-19-17-46)35(49)47-24-41(39(7,8)40(41)14-9-15-40)21-30(47)34(48)44-29-20-26-12-13-27(26)33(42)32(29)25-10-11-25/h26,28-31H,9-24,42H2,1-8H3,(H,44,48)(H2,43,45,50)/t26?,28-,29?,30+,31+,41-/m1/s1. The summed E-state index contributed by atoms with van der Waals surface area (Å²) in [7, 11) is 0. The molecule has 6 atom stereocenters. The lowest BCUT2D eigenvalue weighted by Crippen LogP contribution is -2.57. The van der Waals surface area contributed by atoms with Crippen LogP contribution in [0.2, 0.25) is 0 Å². The van der Waals surface area contributed by atoms with E-state index in [-0.39, 0.29) is 58.1 Å². The van der Waals surface area contributed by atoms with E-state index in [4.69, 9.17) is 10.5 Å². The predicted molar refractivity (Wildman–Crippen MR) is 199 cm³/mol. The molecule has 6 fully saturated rings. The lowest BCUT2D eigenvalue weighted by Gasteiger charge is -2.42. The maximum atomic E-state index is 15.0. The van der Waals surface area contributed by atoms with E-state index in [0.717, 1.165) is 57.4 Å². The van der Waals surface area contributed by atoms with E-state index in [9.17, 15) is 14.4 Å². The molecule has 0 aromatic heterocycles. The number of hydrogen-bond donors (Lipinski definition) is 4. The number of ether oxygens (including phenoxy) is 1. The Kier molecular flexibility index (Phi) is 9.21. The third kappa shape index (κ3) is 6.22. The molecule has 4 saturated carbocycles. The number of carbonyl (C=O) groups excluding carboxylic acids is 3. The number of nitrogens with one attached hydrogen (secondary N) is 3. The van der Waals surface area contributed by atoms with Crippen LogP contribution in [0.15, 0.2) is 22.4 Å². The van der Waals surface area contributed by atoms with Gasteiger partial charge in [-0.15, -0.1) is 0 Å². The number of rotatable bonds is 8.